The lowest BCUT2D eigenvalue weighted by Crippen LogP contribution is -2.48. The highest BCUT2D eigenvalue weighted by Gasteiger charge is 2.41. The Hall–Kier alpha value is -2.00. The lowest BCUT2D eigenvalue weighted by Gasteiger charge is -2.37. The van der Waals surface area contributed by atoms with Gasteiger partial charge in [0.05, 0.1) is 11.4 Å². The van der Waals surface area contributed by atoms with E-state index < -0.39 is 0 Å². The summed E-state index contributed by atoms with van der Waals surface area (Å²) in [7, 11) is 0. The number of carbonyl (C=O) groups excluding carboxylic acids is 1. The molecule has 0 saturated carbocycles. The summed E-state index contributed by atoms with van der Waals surface area (Å²) < 4.78 is 0. The molecule has 0 radical (unpaired) electrons. The fourth-order valence-electron chi connectivity index (χ4n) is 4.55. The van der Waals surface area contributed by atoms with Crippen molar-refractivity contribution in [3.63, 3.8) is 0 Å². The van der Waals surface area contributed by atoms with Gasteiger partial charge in [0.25, 0.3) is 0 Å². The fourth-order valence-corrected chi connectivity index (χ4v) is 4.68. The fraction of sp³-hybridized carbons (Fsp3) is 0.381. The van der Waals surface area contributed by atoms with Gasteiger partial charge in [-0.15, -0.1) is 0 Å². The van der Waals surface area contributed by atoms with Gasteiger partial charge in [0, 0.05) is 11.1 Å². The van der Waals surface area contributed by atoms with Crippen molar-refractivity contribution >= 4 is 28.9 Å². The molecule has 2 unspecified atom stereocenters. The van der Waals surface area contributed by atoms with Gasteiger partial charge in [-0.1, -0.05) is 30.7 Å². The predicted octanol–water partition coefficient (Wildman–Crippen LogP) is 4.97. The molecule has 0 saturated heterocycles. The molecule has 2 atom stereocenters. The number of nitrogens with one attached hydrogen (secondary N) is 1. The number of amides is 1. The number of carbonyl (C=O) groups is 1. The minimum Gasteiger partial charge on any atom is -0.355 e. The molecule has 25 heavy (non-hydrogen) atoms. The summed E-state index contributed by atoms with van der Waals surface area (Å²) in [5.41, 5.74) is 8.63. The van der Waals surface area contributed by atoms with Crippen molar-refractivity contribution in [2.45, 2.75) is 52.6 Å². The minimum absolute atomic E-state index is 0.0941. The number of rotatable bonds is 2. The van der Waals surface area contributed by atoms with Crippen LogP contribution in [-0.2, 0) is 17.6 Å². The highest BCUT2D eigenvalue weighted by molar-refractivity contribution is 6.30. The SMILES string of the molecule is CCc1c(C)c2c3c(c1-c1ccc(Cl)cc1)CC(C)N3C(C)C(=O)N2. The molecule has 4 rings (SSSR count). The van der Waals surface area contributed by atoms with E-state index in [1.54, 1.807) is 0 Å². The van der Waals surface area contributed by atoms with Gasteiger partial charge in [0.15, 0.2) is 0 Å². The maximum Gasteiger partial charge on any atom is 0.246 e. The van der Waals surface area contributed by atoms with Crippen LogP contribution in [0.4, 0.5) is 11.4 Å². The van der Waals surface area contributed by atoms with E-state index in [1.807, 2.05) is 19.1 Å². The molecule has 2 aliphatic rings. The number of halogens is 1. The largest absolute Gasteiger partial charge is 0.355 e. The molecule has 0 spiro atoms. The number of benzene rings is 2. The van der Waals surface area contributed by atoms with Crippen LogP contribution in [0.5, 0.6) is 0 Å². The molecule has 2 aromatic carbocycles. The summed E-state index contributed by atoms with van der Waals surface area (Å²) in [4.78, 5) is 14.8. The van der Waals surface area contributed by atoms with Crippen molar-refractivity contribution in [1.29, 1.82) is 0 Å². The highest BCUT2D eigenvalue weighted by Crippen LogP contribution is 2.50. The van der Waals surface area contributed by atoms with Crippen LogP contribution in [-0.4, -0.2) is 18.0 Å². The molecule has 0 aromatic heterocycles. The summed E-state index contributed by atoms with van der Waals surface area (Å²) in [5.74, 6) is 0.0941. The molecular formula is C21H23ClN2O. The third-order valence-electron chi connectivity index (χ3n) is 5.72. The summed E-state index contributed by atoms with van der Waals surface area (Å²) >= 11 is 6.10. The van der Waals surface area contributed by atoms with Crippen LogP contribution >= 0.6 is 11.6 Å². The molecule has 0 fully saturated rings. The van der Waals surface area contributed by atoms with E-state index in [4.69, 9.17) is 11.6 Å². The number of hydrogen-bond acceptors (Lipinski definition) is 2. The average Bonchev–Trinajstić information content (AvgIpc) is 2.93. The Morgan fingerprint density at radius 2 is 1.92 bits per heavy atom. The first-order valence-electron chi connectivity index (χ1n) is 8.97. The van der Waals surface area contributed by atoms with Crippen molar-refractivity contribution in [2.75, 3.05) is 10.2 Å². The monoisotopic (exact) mass is 354 g/mol. The Labute approximate surface area is 154 Å². The summed E-state index contributed by atoms with van der Waals surface area (Å²) in [6.45, 7) is 8.52. The van der Waals surface area contributed by atoms with Crippen LogP contribution in [0.25, 0.3) is 11.1 Å². The average molecular weight is 355 g/mol. The normalized spacial score (nSPS) is 21.3. The molecule has 4 heteroatoms. The number of nitrogens with zero attached hydrogens (tertiary/aromatic N) is 1. The molecule has 130 valence electrons. The highest BCUT2D eigenvalue weighted by atomic mass is 35.5. The second-order valence-electron chi connectivity index (χ2n) is 7.17. The molecule has 3 nitrogen and oxygen atoms in total. The first-order chi connectivity index (χ1) is 11.9. The Balaban J connectivity index is 2.05. The van der Waals surface area contributed by atoms with Gasteiger partial charge in [-0.25, -0.2) is 0 Å². The Morgan fingerprint density at radius 3 is 2.56 bits per heavy atom. The van der Waals surface area contributed by atoms with E-state index in [9.17, 15) is 4.79 Å². The molecule has 2 heterocycles. The number of hydrogen-bond donors (Lipinski definition) is 1. The zero-order valence-electron chi connectivity index (χ0n) is 15.1. The first kappa shape index (κ1) is 16.5. The Bertz CT molecular complexity index is 873. The van der Waals surface area contributed by atoms with Crippen LogP contribution in [0.15, 0.2) is 24.3 Å². The molecular weight excluding hydrogens is 332 g/mol. The van der Waals surface area contributed by atoms with Crippen molar-refractivity contribution in [1.82, 2.24) is 0 Å². The summed E-state index contributed by atoms with van der Waals surface area (Å²) in [6, 6.07) is 8.33. The van der Waals surface area contributed by atoms with Crippen LogP contribution in [0.3, 0.4) is 0 Å². The quantitative estimate of drug-likeness (QED) is 0.825. The number of anilines is 2. The topological polar surface area (TPSA) is 32.3 Å². The van der Waals surface area contributed by atoms with Gasteiger partial charge in [-0.2, -0.15) is 0 Å². The molecule has 2 aromatic rings. The smallest absolute Gasteiger partial charge is 0.246 e. The van der Waals surface area contributed by atoms with Crippen LogP contribution < -0.4 is 10.2 Å². The van der Waals surface area contributed by atoms with E-state index in [1.165, 1.54) is 33.5 Å². The van der Waals surface area contributed by atoms with Crippen molar-refractivity contribution in [2.24, 2.45) is 0 Å². The maximum atomic E-state index is 12.5. The van der Waals surface area contributed by atoms with Gasteiger partial charge in [0.2, 0.25) is 5.91 Å². The summed E-state index contributed by atoms with van der Waals surface area (Å²) in [6.07, 6.45) is 1.90. The lowest BCUT2D eigenvalue weighted by atomic mass is 9.86. The lowest BCUT2D eigenvalue weighted by molar-refractivity contribution is -0.117. The second kappa shape index (κ2) is 5.77. The van der Waals surface area contributed by atoms with Crippen molar-refractivity contribution in [3.05, 3.63) is 46.0 Å². The zero-order valence-corrected chi connectivity index (χ0v) is 15.9. The van der Waals surface area contributed by atoms with Crippen molar-refractivity contribution in [3.8, 4) is 11.1 Å². The van der Waals surface area contributed by atoms with E-state index in [0.717, 1.165) is 23.6 Å². The molecule has 1 N–H and O–H groups in total. The van der Waals surface area contributed by atoms with E-state index in [0.29, 0.717) is 6.04 Å². The standard InChI is InChI=1S/C21H23ClN2O/c1-5-16-12(3)19-20-17(18(16)14-6-8-15(22)9-7-14)10-11(2)24(20)13(4)21(25)23-19/h6-9,11,13H,5,10H2,1-4H3,(H,23,25). The minimum atomic E-state index is -0.131. The Kier molecular flexibility index (Phi) is 3.80. The molecule has 0 bridgehead atoms. The third kappa shape index (κ3) is 2.29. The van der Waals surface area contributed by atoms with E-state index in [2.05, 4.69) is 43.1 Å². The van der Waals surface area contributed by atoms with Crippen LogP contribution in [0, 0.1) is 6.92 Å². The van der Waals surface area contributed by atoms with Crippen LogP contribution in [0.1, 0.15) is 37.5 Å². The van der Waals surface area contributed by atoms with Crippen LogP contribution in [0.2, 0.25) is 5.02 Å². The van der Waals surface area contributed by atoms with Gasteiger partial charge in [-0.05, 0) is 73.6 Å². The molecule has 1 amide bonds. The van der Waals surface area contributed by atoms with E-state index >= 15 is 0 Å². The molecule has 0 aliphatic carbocycles. The van der Waals surface area contributed by atoms with Gasteiger partial charge < -0.3 is 10.2 Å². The summed E-state index contributed by atoms with van der Waals surface area (Å²) in [5, 5.41) is 3.92. The zero-order chi connectivity index (χ0) is 17.9. The third-order valence-corrected chi connectivity index (χ3v) is 5.97. The van der Waals surface area contributed by atoms with Gasteiger partial charge >= 0.3 is 0 Å². The molecule has 2 aliphatic heterocycles. The van der Waals surface area contributed by atoms with Crippen molar-refractivity contribution < 1.29 is 4.79 Å². The maximum absolute atomic E-state index is 12.5. The van der Waals surface area contributed by atoms with Gasteiger partial charge in [0.1, 0.15) is 6.04 Å². The van der Waals surface area contributed by atoms with E-state index in [-0.39, 0.29) is 11.9 Å². The van der Waals surface area contributed by atoms with Gasteiger partial charge in [-0.3, -0.25) is 4.79 Å². The second-order valence-corrected chi connectivity index (χ2v) is 7.60. The first-order valence-corrected chi connectivity index (χ1v) is 9.35. The predicted molar refractivity (Wildman–Crippen MR) is 105 cm³/mol. The Morgan fingerprint density at radius 1 is 1.24 bits per heavy atom.